The van der Waals surface area contributed by atoms with Gasteiger partial charge in [0.2, 0.25) is 12.1 Å². The van der Waals surface area contributed by atoms with E-state index in [0.717, 1.165) is 6.07 Å². The van der Waals surface area contributed by atoms with Crippen molar-refractivity contribution < 1.29 is 49.0 Å². The number of halogens is 10. The topological polar surface area (TPSA) is 152 Å². The molecule has 206 valence electrons. The second kappa shape index (κ2) is 27.1. The standard InChI is InChI=1S/C6H7F3N2O.C5H8F3NO.C3H2F3N.C2H6.CH2N2.ClH/c1-2-12-5(11-4-10)3-6(7,8)9;1-2-10-4(9)3-5(6,7)8;4-3(5,6)1-2-7;1-2;2-1-3;/h2-3H2,1H3;9H,2-3H2,1H3;1H2;1-2H3;2H2;1H. The Labute approximate surface area is 203 Å². The zero-order valence-electron chi connectivity index (χ0n) is 19.0. The van der Waals surface area contributed by atoms with Gasteiger partial charge in [0.05, 0.1) is 19.3 Å². The van der Waals surface area contributed by atoms with Gasteiger partial charge in [0.15, 0.2) is 12.1 Å². The van der Waals surface area contributed by atoms with Gasteiger partial charge in [-0.3, -0.25) is 5.41 Å². The first-order chi connectivity index (χ1) is 15.4. The van der Waals surface area contributed by atoms with Crippen molar-refractivity contribution in [3.05, 3.63) is 0 Å². The van der Waals surface area contributed by atoms with Gasteiger partial charge in [-0.15, -0.1) is 17.4 Å². The fraction of sp³-hybridized carbons (Fsp3) is 0.706. The van der Waals surface area contributed by atoms with E-state index in [1.807, 2.05) is 13.8 Å². The molecule has 0 saturated carbocycles. The van der Waals surface area contributed by atoms with Gasteiger partial charge in [0.25, 0.3) is 0 Å². The lowest BCUT2D eigenvalue weighted by atomic mass is 10.4. The molecule has 18 heteroatoms. The van der Waals surface area contributed by atoms with Crippen molar-refractivity contribution in [2.24, 2.45) is 10.7 Å². The van der Waals surface area contributed by atoms with Gasteiger partial charge < -0.3 is 15.2 Å². The van der Waals surface area contributed by atoms with Crippen molar-refractivity contribution in [1.29, 1.82) is 21.2 Å². The monoisotopic (exact) mass is 552 g/mol. The Hall–Kier alpha value is -3.13. The number of hydrogen-bond acceptors (Lipinski definition) is 8. The van der Waals surface area contributed by atoms with E-state index in [2.05, 4.69) is 20.2 Å². The molecule has 0 heterocycles. The highest BCUT2D eigenvalue weighted by Crippen LogP contribution is 2.21. The fourth-order valence-corrected chi connectivity index (χ4v) is 1.01. The van der Waals surface area contributed by atoms with E-state index in [1.54, 1.807) is 0 Å². The van der Waals surface area contributed by atoms with Gasteiger partial charge in [-0.25, -0.2) is 0 Å². The molecule has 0 amide bonds. The van der Waals surface area contributed by atoms with Crippen LogP contribution < -0.4 is 5.73 Å². The van der Waals surface area contributed by atoms with Crippen LogP contribution in [0, 0.1) is 39.7 Å². The van der Waals surface area contributed by atoms with Crippen molar-refractivity contribution in [2.75, 3.05) is 13.2 Å². The van der Waals surface area contributed by atoms with Gasteiger partial charge in [-0.05, 0) is 13.8 Å². The number of nitrogens with zero attached hydrogens (tertiary/aromatic N) is 4. The van der Waals surface area contributed by atoms with Gasteiger partial charge in [0, 0.05) is 0 Å². The molecular formula is C17H26ClF9N6O2. The third-order valence-electron chi connectivity index (χ3n) is 1.80. The lowest BCUT2D eigenvalue weighted by Gasteiger charge is -2.07. The van der Waals surface area contributed by atoms with E-state index in [4.69, 9.17) is 21.2 Å². The first kappa shape index (κ1) is 45.4. The molecule has 0 atom stereocenters. The van der Waals surface area contributed by atoms with Gasteiger partial charge in [-0.1, -0.05) is 13.8 Å². The molecule has 0 rings (SSSR count). The molecule has 0 fully saturated rings. The second-order valence-corrected chi connectivity index (χ2v) is 4.56. The largest absolute Gasteiger partial charge is 0.481 e. The maximum Gasteiger partial charge on any atom is 0.401 e. The van der Waals surface area contributed by atoms with Crippen LogP contribution in [0.1, 0.15) is 47.0 Å². The molecule has 35 heavy (non-hydrogen) atoms. The lowest BCUT2D eigenvalue weighted by molar-refractivity contribution is -0.125. The molecule has 0 bridgehead atoms. The van der Waals surface area contributed by atoms with Crippen molar-refractivity contribution in [1.82, 2.24) is 0 Å². The van der Waals surface area contributed by atoms with Crippen molar-refractivity contribution >= 4 is 24.2 Å². The third-order valence-corrected chi connectivity index (χ3v) is 1.80. The summed E-state index contributed by atoms with van der Waals surface area (Å²) in [4.78, 5) is 2.88. The molecule has 0 radical (unpaired) electrons. The van der Waals surface area contributed by atoms with Crippen molar-refractivity contribution in [3.8, 4) is 18.5 Å². The van der Waals surface area contributed by atoms with Crippen LogP contribution in [0.4, 0.5) is 39.5 Å². The van der Waals surface area contributed by atoms with Gasteiger partial charge in [-0.2, -0.15) is 55.3 Å². The number of alkyl halides is 9. The summed E-state index contributed by atoms with van der Waals surface area (Å²) < 4.78 is 111. The number of hydrogen-bond donors (Lipinski definition) is 2. The van der Waals surface area contributed by atoms with E-state index >= 15 is 0 Å². The van der Waals surface area contributed by atoms with E-state index in [1.165, 1.54) is 26.2 Å². The zero-order chi connectivity index (χ0) is 28.4. The summed E-state index contributed by atoms with van der Waals surface area (Å²) in [7, 11) is 0. The minimum Gasteiger partial charge on any atom is -0.481 e. The van der Waals surface area contributed by atoms with Gasteiger partial charge in [0.1, 0.15) is 19.3 Å². The summed E-state index contributed by atoms with van der Waals surface area (Å²) in [5.74, 6) is -1.32. The predicted octanol–water partition coefficient (Wildman–Crippen LogP) is 6.14. The van der Waals surface area contributed by atoms with Gasteiger partial charge >= 0.3 is 18.5 Å². The lowest BCUT2D eigenvalue weighted by Crippen LogP contribution is -2.17. The molecule has 0 aliphatic rings. The van der Waals surface area contributed by atoms with E-state index in [0.29, 0.717) is 0 Å². The summed E-state index contributed by atoms with van der Waals surface area (Å²) in [6.45, 7) is 7.22. The van der Waals surface area contributed by atoms with Crippen LogP contribution >= 0.6 is 12.4 Å². The first-order valence-corrected chi connectivity index (χ1v) is 8.88. The molecule has 0 unspecified atom stereocenters. The molecule has 0 saturated heterocycles. The Morgan fingerprint density at radius 3 is 1.40 bits per heavy atom. The highest BCUT2D eigenvalue weighted by atomic mass is 35.5. The maximum absolute atomic E-state index is 11.7. The maximum atomic E-state index is 11.7. The average molecular weight is 553 g/mol. The normalized spacial score (nSPS) is 9.94. The third kappa shape index (κ3) is 65.2. The Balaban J connectivity index is -0.0000000830. The molecule has 0 aromatic rings. The smallest absolute Gasteiger partial charge is 0.401 e. The summed E-state index contributed by atoms with van der Waals surface area (Å²) in [5, 5.41) is 29.1. The average Bonchev–Trinajstić information content (AvgIpc) is 2.62. The Bertz CT molecular complexity index is 662. The van der Waals surface area contributed by atoms with Crippen LogP contribution in [0.5, 0.6) is 0 Å². The molecule has 0 aromatic heterocycles. The molecular weight excluding hydrogens is 527 g/mol. The number of nitrogens with two attached hydrogens (primary N) is 1. The molecule has 3 N–H and O–H groups in total. The molecule has 0 aliphatic heterocycles. The highest BCUT2D eigenvalue weighted by Gasteiger charge is 2.31. The van der Waals surface area contributed by atoms with E-state index in [-0.39, 0.29) is 25.6 Å². The van der Waals surface area contributed by atoms with Crippen molar-refractivity contribution in [2.45, 2.75) is 65.5 Å². The highest BCUT2D eigenvalue weighted by molar-refractivity contribution is 5.85. The Morgan fingerprint density at radius 1 is 0.829 bits per heavy atom. The van der Waals surface area contributed by atoms with Crippen molar-refractivity contribution in [3.63, 3.8) is 0 Å². The molecule has 0 spiro atoms. The Kier molecular flexibility index (Phi) is 35.2. The minimum atomic E-state index is -4.38. The summed E-state index contributed by atoms with van der Waals surface area (Å²) in [6.07, 6.45) is -14.5. The minimum absolute atomic E-state index is 0. The van der Waals surface area contributed by atoms with Crippen LogP contribution in [0.15, 0.2) is 4.99 Å². The molecule has 0 aromatic carbocycles. The van der Waals surface area contributed by atoms with Crippen LogP contribution in [0.25, 0.3) is 0 Å². The van der Waals surface area contributed by atoms with Crippen LogP contribution in [0.3, 0.4) is 0 Å². The van der Waals surface area contributed by atoms with E-state index in [9.17, 15) is 39.5 Å². The summed E-state index contributed by atoms with van der Waals surface area (Å²) in [5.41, 5.74) is 4.15. The second-order valence-electron chi connectivity index (χ2n) is 4.56. The first-order valence-electron chi connectivity index (χ1n) is 8.88. The summed E-state index contributed by atoms with van der Waals surface area (Å²) >= 11 is 0. The summed E-state index contributed by atoms with van der Waals surface area (Å²) in [6, 6.07) is 0.983. The number of ether oxygens (including phenoxy) is 2. The quantitative estimate of drug-likeness (QED) is 0.140. The van der Waals surface area contributed by atoms with Crippen LogP contribution in [-0.2, 0) is 9.47 Å². The van der Waals surface area contributed by atoms with Crippen LogP contribution in [-0.4, -0.2) is 43.5 Å². The Morgan fingerprint density at radius 2 is 1.20 bits per heavy atom. The predicted molar refractivity (Wildman–Crippen MR) is 110 cm³/mol. The number of rotatable bonds is 4. The zero-order valence-corrected chi connectivity index (χ0v) is 19.8. The fourth-order valence-electron chi connectivity index (χ4n) is 1.01. The number of nitrogens with one attached hydrogen (secondary N) is 1. The van der Waals surface area contributed by atoms with E-state index < -0.39 is 49.6 Å². The molecule has 8 nitrogen and oxygen atoms in total. The SMILES string of the molecule is CC.CCOC(=N)CC(F)(F)F.CCOC(CC(F)(F)F)=NC#N.Cl.N#CCC(F)(F)F.N#CN. The number of nitriles is 3. The molecule has 0 aliphatic carbocycles. The van der Waals surface area contributed by atoms with Crippen LogP contribution in [0.2, 0.25) is 0 Å². The number of aliphatic imine (C=N–C) groups is 1.